The fourth-order valence-electron chi connectivity index (χ4n) is 1.44. The number of nitrogens with two attached hydrogens (primary N) is 1. The molecule has 2 atom stereocenters. The van der Waals surface area contributed by atoms with E-state index in [0.29, 0.717) is 5.25 Å². The molecule has 0 bridgehead atoms. The lowest BCUT2D eigenvalue weighted by Gasteiger charge is -2.20. The fourth-order valence-corrected chi connectivity index (χ4v) is 2.22. The molecule has 0 aliphatic rings. The van der Waals surface area contributed by atoms with Crippen LogP contribution in [0.1, 0.15) is 18.0 Å². The Morgan fingerprint density at radius 3 is 2.57 bits per heavy atom. The van der Waals surface area contributed by atoms with Gasteiger partial charge >= 0.3 is 0 Å². The average molecular weight is 207 g/mol. The Morgan fingerprint density at radius 1 is 1.43 bits per heavy atom. The molecule has 0 unspecified atom stereocenters. The number of hydrogen-bond acceptors (Lipinski definition) is 2. The summed E-state index contributed by atoms with van der Waals surface area (Å²) in [6.45, 7) is 3.76. The summed E-state index contributed by atoms with van der Waals surface area (Å²) in [6.07, 6.45) is 4.98. The van der Waals surface area contributed by atoms with Crippen LogP contribution in [0.3, 0.4) is 0 Å². The predicted molar refractivity (Wildman–Crippen MR) is 65.5 cm³/mol. The quantitative estimate of drug-likeness (QED) is 0.751. The topological polar surface area (TPSA) is 26.0 Å². The Labute approximate surface area is 90.4 Å². The maximum absolute atomic E-state index is 6.17. The molecule has 0 amide bonds. The molecule has 0 heterocycles. The van der Waals surface area contributed by atoms with Gasteiger partial charge in [0.05, 0.1) is 0 Å². The van der Waals surface area contributed by atoms with Crippen molar-refractivity contribution in [3.8, 4) is 0 Å². The minimum atomic E-state index is 0.101. The van der Waals surface area contributed by atoms with Gasteiger partial charge in [0, 0.05) is 11.3 Å². The summed E-state index contributed by atoms with van der Waals surface area (Å²) < 4.78 is 0. The van der Waals surface area contributed by atoms with E-state index >= 15 is 0 Å². The van der Waals surface area contributed by atoms with Crippen LogP contribution in [-0.4, -0.2) is 11.5 Å². The standard InChI is InChI=1S/C12H17NS/c1-3-7-11(14-2)12(13)10-8-5-4-6-9-10/h3-6,8-9,11-12H,1,7,13H2,2H3/t11-,12-/m0/s1. The molecule has 2 heteroatoms. The molecular formula is C12H17NS. The minimum Gasteiger partial charge on any atom is -0.323 e. The van der Waals surface area contributed by atoms with Crippen molar-refractivity contribution in [3.63, 3.8) is 0 Å². The highest BCUT2D eigenvalue weighted by atomic mass is 32.2. The Hall–Kier alpha value is -0.730. The Morgan fingerprint density at radius 2 is 2.07 bits per heavy atom. The maximum Gasteiger partial charge on any atom is 0.0418 e. The van der Waals surface area contributed by atoms with Gasteiger partial charge in [0.25, 0.3) is 0 Å². The molecule has 0 aromatic heterocycles. The van der Waals surface area contributed by atoms with Gasteiger partial charge in [-0.05, 0) is 18.2 Å². The summed E-state index contributed by atoms with van der Waals surface area (Å²) in [4.78, 5) is 0. The van der Waals surface area contributed by atoms with E-state index in [1.54, 1.807) is 11.8 Å². The molecule has 1 nitrogen and oxygen atoms in total. The van der Waals surface area contributed by atoms with Crippen molar-refractivity contribution < 1.29 is 0 Å². The molecule has 0 radical (unpaired) electrons. The Kier molecular flexibility index (Phi) is 4.77. The first-order valence-corrected chi connectivity index (χ1v) is 6.02. The van der Waals surface area contributed by atoms with Gasteiger partial charge in [0.2, 0.25) is 0 Å². The number of allylic oxidation sites excluding steroid dienone is 1. The van der Waals surface area contributed by atoms with Crippen molar-refractivity contribution >= 4 is 11.8 Å². The smallest absolute Gasteiger partial charge is 0.0418 e. The van der Waals surface area contributed by atoms with Crippen molar-refractivity contribution in [3.05, 3.63) is 48.6 Å². The highest BCUT2D eigenvalue weighted by Crippen LogP contribution is 2.25. The monoisotopic (exact) mass is 207 g/mol. The van der Waals surface area contributed by atoms with Gasteiger partial charge in [-0.3, -0.25) is 0 Å². The van der Waals surface area contributed by atoms with Crippen LogP contribution < -0.4 is 5.73 Å². The normalized spacial score (nSPS) is 14.7. The molecular weight excluding hydrogens is 190 g/mol. The SMILES string of the molecule is C=CC[C@H](SC)[C@@H](N)c1ccccc1. The number of benzene rings is 1. The second kappa shape index (κ2) is 5.89. The first kappa shape index (κ1) is 11.3. The largest absolute Gasteiger partial charge is 0.323 e. The molecule has 14 heavy (non-hydrogen) atoms. The molecule has 1 rings (SSSR count). The van der Waals surface area contributed by atoms with Gasteiger partial charge in [0.15, 0.2) is 0 Å². The molecule has 2 N–H and O–H groups in total. The van der Waals surface area contributed by atoms with Crippen LogP contribution >= 0.6 is 11.8 Å². The predicted octanol–water partition coefficient (Wildman–Crippen LogP) is 2.99. The number of hydrogen-bond donors (Lipinski definition) is 1. The van der Waals surface area contributed by atoms with Crippen LogP contribution in [0, 0.1) is 0 Å². The third-order valence-electron chi connectivity index (χ3n) is 2.29. The average Bonchev–Trinajstić information content (AvgIpc) is 2.26. The summed E-state index contributed by atoms with van der Waals surface area (Å²) in [5, 5.41) is 0.426. The summed E-state index contributed by atoms with van der Waals surface area (Å²) >= 11 is 1.80. The lowest BCUT2D eigenvalue weighted by Crippen LogP contribution is -2.22. The molecule has 0 saturated heterocycles. The fraction of sp³-hybridized carbons (Fsp3) is 0.333. The second-order valence-corrected chi connectivity index (χ2v) is 4.31. The van der Waals surface area contributed by atoms with Crippen LogP contribution in [0.15, 0.2) is 43.0 Å². The number of thioether (sulfide) groups is 1. The van der Waals surface area contributed by atoms with Crippen molar-refractivity contribution in [2.24, 2.45) is 5.73 Å². The van der Waals surface area contributed by atoms with Gasteiger partial charge in [-0.15, -0.1) is 6.58 Å². The van der Waals surface area contributed by atoms with Crippen molar-refractivity contribution in [1.82, 2.24) is 0 Å². The third-order valence-corrected chi connectivity index (χ3v) is 3.38. The van der Waals surface area contributed by atoms with E-state index < -0.39 is 0 Å². The van der Waals surface area contributed by atoms with Crippen molar-refractivity contribution in [2.75, 3.05) is 6.26 Å². The molecule has 1 aromatic rings. The van der Waals surface area contributed by atoms with Gasteiger partial charge in [-0.2, -0.15) is 11.8 Å². The van der Waals surface area contributed by atoms with Crippen LogP contribution in [0.5, 0.6) is 0 Å². The lowest BCUT2D eigenvalue weighted by molar-refractivity contribution is 0.680. The van der Waals surface area contributed by atoms with Crippen molar-refractivity contribution in [1.29, 1.82) is 0 Å². The first-order chi connectivity index (χ1) is 6.79. The van der Waals surface area contributed by atoms with E-state index in [1.165, 1.54) is 5.56 Å². The summed E-state index contributed by atoms with van der Waals surface area (Å²) in [7, 11) is 0. The summed E-state index contributed by atoms with van der Waals surface area (Å²) in [5.74, 6) is 0. The van der Waals surface area contributed by atoms with Crippen LogP contribution in [0.2, 0.25) is 0 Å². The third kappa shape index (κ3) is 2.89. The highest BCUT2D eigenvalue weighted by molar-refractivity contribution is 7.99. The van der Waals surface area contributed by atoms with E-state index in [9.17, 15) is 0 Å². The zero-order valence-corrected chi connectivity index (χ0v) is 9.34. The zero-order chi connectivity index (χ0) is 10.4. The van der Waals surface area contributed by atoms with Gasteiger partial charge in [-0.1, -0.05) is 36.4 Å². The van der Waals surface area contributed by atoms with Crippen LogP contribution in [0.4, 0.5) is 0 Å². The molecule has 0 aliphatic carbocycles. The Bertz CT molecular complexity index is 271. The van der Waals surface area contributed by atoms with Crippen LogP contribution in [0.25, 0.3) is 0 Å². The molecule has 0 fully saturated rings. The highest BCUT2D eigenvalue weighted by Gasteiger charge is 2.16. The molecule has 0 saturated carbocycles. The Balaban J connectivity index is 2.72. The number of rotatable bonds is 5. The second-order valence-electron chi connectivity index (χ2n) is 3.23. The molecule has 0 aliphatic heterocycles. The molecule has 1 aromatic carbocycles. The van der Waals surface area contributed by atoms with Gasteiger partial charge in [0.1, 0.15) is 0 Å². The molecule has 0 spiro atoms. The minimum absolute atomic E-state index is 0.101. The lowest BCUT2D eigenvalue weighted by atomic mass is 10.0. The summed E-state index contributed by atoms with van der Waals surface area (Å²) in [5.41, 5.74) is 7.37. The first-order valence-electron chi connectivity index (χ1n) is 4.73. The van der Waals surface area contributed by atoms with Gasteiger partial charge < -0.3 is 5.73 Å². The summed E-state index contributed by atoms with van der Waals surface area (Å²) in [6, 6.07) is 10.3. The van der Waals surface area contributed by atoms with E-state index in [-0.39, 0.29) is 6.04 Å². The van der Waals surface area contributed by atoms with E-state index in [2.05, 4.69) is 25.0 Å². The maximum atomic E-state index is 6.17. The van der Waals surface area contributed by atoms with E-state index in [4.69, 9.17) is 5.73 Å². The molecule has 76 valence electrons. The zero-order valence-electron chi connectivity index (χ0n) is 8.52. The van der Waals surface area contributed by atoms with Crippen molar-refractivity contribution in [2.45, 2.75) is 17.7 Å². The van der Waals surface area contributed by atoms with Crippen LogP contribution in [-0.2, 0) is 0 Å². The van der Waals surface area contributed by atoms with Gasteiger partial charge in [-0.25, -0.2) is 0 Å². The van der Waals surface area contributed by atoms with E-state index in [0.717, 1.165) is 6.42 Å². The van der Waals surface area contributed by atoms with E-state index in [1.807, 2.05) is 24.3 Å².